The van der Waals surface area contributed by atoms with Crippen molar-refractivity contribution < 1.29 is 9.18 Å². The zero-order valence-corrected chi connectivity index (χ0v) is 17.9. The van der Waals surface area contributed by atoms with E-state index in [1.54, 1.807) is 18.3 Å². The second-order valence-electron chi connectivity index (χ2n) is 8.10. The van der Waals surface area contributed by atoms with Crippen LogP contribution in [0.25, 0.3) is 10.9 Å². The van der Waals surface area contributed by atoms with Crippen molar-refractivity contribution in [3.63, 3.8) is 0 Å². The highest BCUT2D eigenvalue weighted by Crippen LogP contribution is 2.32. The summed E-state index contributed by atoms with van der Waals surface area (Å²) >= 11 is 0. The minimum atomic E-state index is -0.290. The highest BCUT2D eigenvalue weighted by molar-refractivity contribution is 5.98. The molecule has 0 radical (unpaired) electrons. The number of halogens is 1. The van der Waals surface area contributed by atoms with Gasteiger partial charge in [-0.25, -0.2) is 24.3 Å². The van der Waals surface area contributed by atoms with Gasteiger partial charge in [-0.1, -0.05) is 25.1 Å². The molecule has 4 aromatic rings. The van der Waals surface area contributed by atoms with Crippen molar-refractivity contribution >= 4 is 28.6 Å². The molecule has 0 saturated carbocycles. The van der Waals surface area contributed by atoms with Crippen LogP contribution in [-0.4, -0.2) is 25.7 Å². The lowest BCUT2D eigenvalue weighted by molar-refractivity contribution is 0.0962. The van der Waals surface area contributed by atoms with Gasteiger partial charge >= 0.3 is 0 Å². The van der Waals surface area contributed by atoms with E-state index in [0.29, 0.717) is 36.0 Å². The topological polar surface area (TPSA) is 80.7 Å². The number of carbonyl (C=O) groups excluding carboxylic acids is 1. The number of nitrogens with one attached hydrogen (secondary N) is 1. The third-order valence-corrected chi connectivity index (χ3v) is 5.96. The Hall–Kier alpha value is -3.74. The maximum absolute atomic E-state index is 13.3. The summed E-state index contributed by atoms with van der Waals surface area (Å²) in [6.45, 7) is 4.07. The predicted octanol–water partition coefficient (Wildman–Crippen LogP) is 5.09. The summed E-state index contributed by atoms with van der Waals surface area (Å²) in [4.78, 5) is 30.7. The second-order valence-corrected chi connectivity index (χ2v) is 8.10. The van der Waals surface area contributed by atoms with Gasteiger partial charge in [0.05, 0.1) is 22.5 Å². The summed E-state index contributed by atoms with van der Waals surface area (Å²) in [6, 6.07) is 12.5. The summed E-state index contributed by atoms with van der Waals surface area (Å²) in [7, 11) is 0. The van der Waals surface area contributed by atoms with Gasteiger partial charge < -0.3 is 0 Å². The van der Waals surface area contributed by atoms with Crippen LogP contribution >= 0.6 is 0 Å². The lowest BCUT2D eigenvalue weighted by Crippen LogP contribution is -2.21. The number of carbonyl (C=O) groups is 1. The number of aryl methyl sites for hydroxylation is 2. The zero-order chi connectivity index (χ0) is 22.2. The zero-order valence-electron chi connectivity index (χ0n) is 17.9. The lowest BCUT2D eigenvalue weighted by atomic mass is 9.82. The van der Waals surface area contributed by atoms with Crippen molar-refractivity contribution in [1.82, 2.24) is 19.9 Å². The molecule has 1 unspecified atom stereocenters. The summed E-state index contributed by atoms with van der Waals surface area (Å²) in [5.74, 6) is 0.431. The number of ketones is 1. The first-order chi connectivity index (χ1) is 15.5. The average Bonchev–Trinajstić information content (AvgIpc) is 2.79. The number of anilines is 2. The molecular formula is C25H22FN5O. The van der Waals surface area contributed by atoms with Gasteiger partial charge in [-0.05, 0) is 61.1 Å². The van der Waals surface area contributed by atoms with Gasteiger partial charge in [-0.3, -0.25) is 10.1 Å². The Kier molecular flexibility index (Phi) is 5.09. The van der Waals surface area contributed by atoms with Crippen LogP contribution in [0.5, 0.6) is 0 Å². The number of aromatic nitrogens is 4. The van der Waals surface area contributed by atoms with Crippen LogP contribution in [0.3, 0.4) is 0 Å². The van der Waals surface area contributed by atoms with Crippen LogP contribution in [0.1, 0.15) is 52.1 Å². The Morgan fingerprint density at radius 3 is 2.62 bits per heavy atom. The molecular weight excluding hydrogens is 405 g/mol. The maximum Gasteiger partial charge on any atom is 0.230 e. The van der Waals surface area contributed by atoms with E-state index in [2.05, 4.69) is 44.3 Å². The van der Waals surface area contributed by atoms with E-state index in [1.807, 2.05) is 13.0 Å². The average molecular weight is 427 g/mol. The highest BCUT2D eigenvalue weighted by Gasteiger charge is 2.28. The molecule has 1 N–H and O–H groups in total. The molecule has 32 heavy (non-hydrogen) atoms. The molecule has 0 saturated heterocycles. The number of fused-ring (bicyclic) bond motifs is 2. The molecule has 0 fully saturated rings. The molecule has 2 heterocycles. The van der Waals surface area contributed by atoms with Crippen LogP contribution < -0.4 is 5.32 Å². The molecule has 7 heteroatoms. The van der Waals surface area contributed by atoms with Crippen LogP contribution in [-0.2, 0) is 12.8 Å². The fourth-order valence-electron chi connectivity index (χ4n) is 4.18. The Balaban J connectivity index is 1.43. The van der Waals surface area contributed by atoms with Crippen LogP contribution in [0.4, 0.5) is 16.3 Å². The first-order valence-corrected chi connectivity index (χ1v) is 10.7. The molecule has 2 aromatic heterocycles. The Morgan fingerprint density at radius 1 is 1.03 bits per heavy atom. The first-order valence-electron chi connectivity index (χ1n) is 10.7. The Morgan fingerprint density at radius 2 is 1.84 bits per heavy atom. The molecule has 0 aliphatic heterocycles. The third-order valence-electron chi connectivity index (χ3n) is 5.96. The smallest absolute Gasteiger partial charge is 0.230 e. The SMILES string of the molecule is CCc1ccc2nc(Nc3ncc4c(n3)CC(c3ccc(F)cc3)CC4=O)nc(C)c2c1. The van der Waals surface area contributed by atoms with E-state index in [4.69, 9.17) is 0 Å². The van der Waals surface area contributed by atoms with E-state index in [-0.39, 0.29) is 17.5 Å². The number of hydrogen-bond acceptors (Lipinski definition) is 6. The maximum atomic E-state index is 13.3. The van der Waals surface area contributed by atoms with E-state index in [0.717, 1.165) is 28.6 Å². The van der Waals surface area contributed by atoms with Crippen molar-refractivity contribution in [2.45, 2.75) is 39.0 Å². The van der Waals surface area contributed by atoms with Gasteiger partial charge in [0.2, 0.25) is 11.9 Å². The lowest BCUT2D eigenvalue weighted by Gasteiger charge is -2.23. The van der Waals surface area contributed by atoms with Gasteiger partial charge in [0.1, 0.15) is 5.82 Å². The molecule has 0 amide bonds. The molecule has 160 valence electrons. The number of nitrogens with zero attached hydrogens (tertiary/aromatic N) is 4. The van der Waals surface area contributed by atoms with Crippen molar-refractivity contribution in [2.75, 3.05) is 5.32 Å². The standard InChI is InChI=1S/C25H22FN5O/c1-3-15-4-9-21-19(10-15)14(2)28-25(29-21)31-24-27-13-20-22(30-24)11-17(12-23(20)32)16-5-7-18(26)8-6-16/h4-10,13,17H,3,11-12H2,1-2H3,(H,27,28,29,30,31). The summed E-state index contributed by atoms with van der Waals surface area (Å²) in [5, 5.41) is 4.11. The summed E-state index contributed by atoms with van der Waals surface area (Å²) in [6.07, 6.45) is 3.47. The molecule has 1 aliphatic rings. The molecule has 5 rings (SSSR count). The second kappa shape index (κ2) is 8.07. The predicted molar refractivity (Wildman–Crippen MR) is 121 cm³/mol. The van der Waals surface area contributed by atoms with Gasteiger partial charge in [0, 0.05) is 18.0 Å². The van der Waals surface area contributed by atoms with Crippen LogP contribution in [0, 0.1) is 12.7 Å². The number of Topliss-reactive ketones (excluding diaryl/α,β-unsaturated/α-hetero) is 1. The molecule has 0 bridgehead atoms. The van der Waals surface area contributed by atoms with Crippen molar-refractivity contribution in [3.05, 3.63) is 82.6 Å². The molecule has 1 aliphatic carbocycles. The molecule has 6 nitrogen and oxygen atoms in total. The van der Waals surface area contributed by atoms with Gasteiger partial charge in [-0.2, -0.15) is 0 Å². The minimum absolute atomic E-state index is 0.00310. The van der Waals surface area contributed by atoms with Crippen molar-refractivity contribution in [3.8, 4) is 0 Å². The number of hydrogen-bond donors (Lipinski definition) is 1. The quantitative estimate of drug-likeness (QED) is 0.489. The largest absolute Gasteiger partial charge is 0.294 e. The van der Waals surface area contributed by atoms with E-state index in [1.165, 1.54) is 17.7 Å². The number of rotatable bonds is 4. The molecule has 0 spiro atoms. The van der Waals surface area contributed by atoms with E-state index in [9.17, 15) is 9.18 Å². The molecule has 2 aromatic carbocycles. The fourth-order valence-corrected chi connectivity index (χ4v) is 4.18. The summed E-state index contributed by atoms with van der Waals surface area (Å²) < 4.78 is 13.3. The van der Waals surface area contributed by atoms with Crippen molar-refractivity contribution in [2.24, 2.45) is 0 Å². The van der Waals surface area contributed by atoms with Crippen molar-refractivity contribution in [1.29, 1.82) is 0 Å². The van der Waals surface area contributed by atoms with Gasteiger partial charge in [0.25, 0.3) is 0 Å². The Bertz CT molecular complexity index is 1340. The van der Waals surface area contributed by atoms with Crippen LogP contribution in [0.2, 0.25) is 0 Å². The summed E-state index contributed by atoms with van der Waals surface area (Å²) in [5.41, 5.74) is 5.11. The minimum Gasteiger partial charge on any atom is -0.294 e. The van der Waals surface area contributed by atoms with Gasteiger partial charge in [0.15, 0.2) is 5.78 Å². The monoisotopic (exact) mass is 427 g/mol. The van der Waals surface area contributed by atoms with Gasteiger partial charge in [-0.15, -0.1) is 0 Å². The fraction of sp³-hybridized carbons (Fsp3) is 0.240. The third kappa shape index (κ3) is 3.82. The first kappa shape index (κ1) is 20.2. The normalized spacial score (nSPS) is 15.6. The Labute approximate surface area is 185 Å². The highest BCUT2D eigenvalue weighted by atomic mass is 19.1. The number of benzene rings is 2. The molecule has 1 atom stereocenters. The van der Waals surface area contributed by atoms with Crippen LogP contribution in [0.15, 0.2) is 48.7 Å². The van der Waals surface area contributed by atoms with E-state index >= 15 is 0 Å². The van der Waals surface area contributed by atoms with E-state index < -0.39 is 0 Å².